The summed E-state index contributed by atoms with van der Waals surface area (Å²) in [5.74, 6) is 0.656. The predicted octanol–water partition coefficient (Wildman–Crippen LogP) is 4.24. The van der Waals surface area contributed by atoms with E-state index in [1.165, 1.54) is 11.3 Å². The van der Waals surface area contributed by atoms with E-state index in [4.69, 9.17) is 9.72 Å². The van der Waals surface area contributed by atoms with Gasteiger partial charge in [-0.25, -0.2) is 4.98 Å². The quantitative estimate of drug-likeness (QED) is 0.474. The first-order valence-corrected chi connectivity index (χ1v) is 11.5. The zero-order valence-corrected chi connectivity index (χ0v) is 18.8. The number of nitrogens with one attached hydrogen (secondary N) is 2. The molecule has 1 atom stereocenters. The zero-order chi connectivity index (χ0) is 22.1. The van der Waals surface area contributed by atoms with E-state index in [1.54, 1.807) is 0 Å². The number of ether oxygens (including phenoxy) is 1. The SMILES string of the molecule is CCc1nnc(Nc2cccc(C3CN(C(=O)c4cc5c(C)cccc5[nH]4)CCO3)n2)s1. The monoisotopic (exact) mass is 448 g/mol. The number of hydrogen-bond acceptors (Lipinski definition) is 7. The van der Waals surface area contributed by atoms with Crippen molar-refractivity contribution < 1.29 is 9.53 Å². The Labute approximate surface area is 189 Å². The number of fused-ring (bicyclic) bond motifs is 1. The van der Waals surface area contributed by atoms with Gasteiger partial charge in [0.05, 0.1) is 18.8 Å². The molecule has 2 N–H and O–H groups in total. The van der Waals surface area contributed by atoms with Gasteiger partial charge in [-0.1, -0.05) is 36.5 Å². The van der Waals surface area contributed by atoms with E-state index in [0.717, 1.165) is 33.6 Å². The van der Waals surface area contributed by atoms with Gasteiger partial charge in [-0.2, -0.15) is 0 Å². The number of rotatable bonds is 5. The molecule has 0 saturated carbocycles. The molecule has 1 saturated heterocycles. The number of aryl methyl sites for hydroxylation is 2. The van der Waals surface area contributed by atoms with E-state index in [2.05, 4.69) is 20.5 Å². The number of amides is 1. The Balaban J connectivity index is 1.32. The summed E-state index contributed by atoms with van der Waals surface area (Å²) in [5.41, 5.74) is 3.50. The van der Waals surface area contributed by atoms with Crippen molar-refractivity contribution in [2.24, 2.45) is 0 Å². The van der Waals surface area contributed by atoms with Crippen LogP contribution < -0.4 is 5.32 Å². The Kier molecular flexibility index (Phi) is 5.59. The minimum Gasteiger partial charge on any atom is -0.368 e. The average molecular weight is 449 g/mol. The van der Waals surface area contributed by atoms with Crippen LogP contribution in [0.3, 0.4) is 0 Å². The second kappa shape index (κ2) is 8.68. The molecule has 5 rings (SSSR count). The molecule has 0 spiro atoms. The molecule has 1 unspecified atom stereocenters. The van der Waals surface area contributed by atoms with Crippen LogP contribution in [0.1, 0.15) is 39.8 Å². The summed E-state index contributed by atoms with van der Waals surface area (Å²) in [4.78, 5) is 23.0. The fourth-order valence-electron chi connectivity index (χ4n) is 3.86. The fourth-order valence-corrected chi connectivity index (χ4v) is 4.55. The third kappa shape index (κ3) is 4.09. The van der Waals surface area contributed by atoms with Crippen LogP contribution in [0.25, 0.3) is 10.9 Å². The molecule has 0 bridgehead atoms. The van der Waals surface area contributed by atoms with Crippen molar-refractivity contribution in [1.29, 1.82) is 0 Å². The number of anilines is 2. The lowest BCUT2D eigenvalue weighted by atomic mass is 10.1. The molecule has 4 heterocycles. The maximum absolute atomic E-state index is 13.2. The topological polar surface area (TPSA) is 96.0 Å². The molecule has 1 aliphatic rings. The summed E-state index contributed by atoms with van der Waals surface area (Å²) in [5, 5.41) is 14.2. The second-order valence-electron chi connectivity index (χ2n) is 7.76. The molecule has 8 nitrogen and oxygen atoms in total. The lowest BCUT2D eigenvalue weighted by Crippen LogP contribution is -2.42. The van der Waals surface area contributed by atoms with Crippen LogP contribution in [-0.2, 0) is 11.2 Å². The Bertz CT molecular complexity index is 1270. The lowest BCUT2D eigenvalue weighted by Gasteiger charge is -2.32. The summed E-state index contributed by atoms with van der Waals surface area (Å²) in [6.07, 6.45) is 0.559. The van der Waals surface area contributed by atoms with Gasteiger partial charge in [0.15, 0.2) is 0 Å². The van der Waals surface area contributed by atoms with E-state index < -0.39 is 0 Å². The number of morpholine rings is 1. The molecule has 0 radical (unpaired) electrons. The number of nitrogens with zero attached hydrogens (tertiary/aromatic N) is 4. The summed E-state index contributed by atoms with van der Waals surface area (Å²) >= 11 is 1.51. The highest BCUT2D eigenvalue weighted by molar-refractivity contribution is 7.15. The first-order valence-electron chi connectivity index (χ1n) is 10.7. The van der Waals surface area contributed by atoms with Gasteiger partial charge in [0.2, 0.25) is 5.13 Å². The van der Waals surface area contributed by atoms with E-state index in [-0.39, 0.29) is 12.0 Å². The molecule has 32 heavy (non-hydrogen) atoms. The van der Waals surface area contributed by atoms with Crippen LogP contribution in [-0.4, -0.2) is 50.7 Å². The normalized spacial score (nSPS) is 16.4. The highest BCUT2D eigenvalue weighted by Crippen LogP contribution is 2.26. The number of benzene rings is 1. The zero-order valence-electron chi connectivity index (χ0n) is 18.0. The van der Waals surface area contributed by atoms with E-state index >= 15 is 0 Å². The van der Waals surface area contributed by atoms with Gasteiger partial charge in [0, 0.05) is 17.4 Å². The van der Waals surface area contributed by atoms with Gasteiger partial charge in [0.1, 0.15) is 22.6 Å². The van der Waals surface area contributed by atoms with E-state index in [9.17, 15) is 4.79 Å². The fraction of sp³-hybridized carbons (Fsp3) is 0.304. The van der Waals surface area contributed by atoms with Crippen LogP contribution in [0.15, 0.2) is 42.5 Å². The third-order valence-electron chi connectivity index (χ3n) is 5.57. The number of carbonyl (C=O) groups excluding carboxylic acids is 1. The van der Waals surface area contributed by atoms with Crippen LogP contribution in [0, 0.1) is 6.92 Å². The summed E-state index contributed by atoms with van der Waals surface area (Å²) < 4.78 is 5.97. The summed E-state index contributed by atoms with van der Waals surface area (Å²) in [6, 6.07) is 13.7. The van der Waals surface area contributed by atoms with Crippen LogP contribution in [0.5, 0.6) is 0 Å². The highest BCUT2D eigenvalue weighted by Gasteiger charge is 2.28. The lowest BCUT2D eigenvalue weighted by molar-refractivity contribution is -0.0248. The number of aromatic nitrogens is 4. The molecule has 0 aliphatic carbocycles. The Morgan fingerprint density at radius 3 is 2.97 bits per heavy atom. The minimum atomic E-state index is -0.291. The molecule has 4 aromatic rings. The first kappa shape index (κ1) is 20.6. The van der Waals surface area contributed by atoms with E-state index in [1.807, 2.05) is 61.2 Å². The minimum absolute atomic E-state index is 0.0239. The summed E-state index contributed by atoms with van der Waals surface area (Å²) in [7, 11) is 0. The average Bonchev–Trinajstić information content (AvgIpc) is 3.46. The molecule has 1 amide bonds. The molecule has 164 valence electrons. The Morgan fingerprint density at radius 2 is 2.16 bits per heavy atom. The van der Waals surface area contributed by atoms with Crippen molar-refractivity contribution in [2.75, 3.05) is 25.0 Å². The van der Waals surface area contributed by atoms with E-state index in [0.29, 0.717) is 36.3 Å². The van der Waals surface area contributed by atoms with Crippen LogP contribution in [0.2, 0.25) is 0 Å². The van der Waals surface area contributed by atoms with Crippen molar-refractivity contribution in [3.8, 4) is 0 Å². The predicted molar refractivity (Wildman–Crippen MR) is 124 cm³/mol. The third-order valence-corrected chi connectivity index (χ3v) is 6.55. The molecule has 3 aromatic heterocycles. The molecule has 1 aliphatic heterocycles. The number of hydrogen-bond donors (Lipinski definition) is 2. The maximum Gasteiger partial charge on any atom is 0.270 e. The molecule has 9 heteroatoms. The number of carbonyl (C=O) groups is 1. The molecule has 1 aromatic carbocycles. The van der Waals surface area contributed by atoms with Crippen LogP contribution >= 0.6 is 11.3 Å². The Hall–Kier alpha value is -3.30. The smallest absolute Gasteiger partial charge is 0.270 e. The molecule has 1 fully saturated rings. The van der Waals surface area contributed by atoms with Crippen molar-refractivity contribution in [2.45, 2.75) is 26.4 Å². The van der Waals surface area contributed by atoms with Crippen molar-refractivity contribution in [3.05, 3.63) is 64.4 Å². The molecular formula is C23H24N6O2S. The van der Waals surface area contributed by atoms with Gasteiger partial charge >= 0.3 is 0 Å². The highest BCUT2D eigenvalue weighted by atomic mass is 32.1. The summed E-state index contributed by atoms with van der Waals surface area (Å²) in [6.45, 7) is 5.56. The van der Waals surface area contributed by atoms with Crippen molar-refractivity contribution in [3.63, 3.8) is 0 Å². The van der Waals surface area contributed by atoms with Gasteiger partial charge in [-0.3, -0.25) is 4.79 Å². The first-order chi connectivity index (χ1) is 15.6. The largest absolute Gasteiger partial charge is 0.368 e. The van der Waals surface area contributed by atoms with Gasteiger partial charge in [-0.05, 0) is 43.2 Å². The number of H-pyrrole nitrogens is 1. The maximum atomic E-state index is 13.2. The van der Waals surface area contributed by atoms with Gasteiger partial charge in [-0.15, -0.1) is 10.2 Å². The number of pyridine rings is 1. The van der Waals surface area contributed by atoms with Gasteiger partial charge in [0.25, 0.3) is 5.91 Å². The van der Waals surface area contributed by atoms with Crippen molar-refractivity contribution >= 4 is 39.1 Å². The Morgan fingerprint density at radius 1 is 1.28 bits per heavy atom. The second-order valence-corrected chi connectivity index (χ2v) is 8.82. The van der Waals surface area contributed by atoms with Crippen LogP contribution in [0.4, 0.5) is 10.9 Å². The van der Waals surface area contributed by atoms with Crippen molar-refractivity contribution in [1.82, 2.24) is 25.1 Å². The van der Waals surface area contributed by atoms with Gasteiger partial charge < -0.3 is 19.9 Å². The number of aromatic amines is 1. The standard InChI is InChI=1S/C23H24N6O2S/c1-3-21-27-28-23(32-21)26-20-9-5-8-17(25-20)19-13-29(10-11-31-19)22(30)18-12-15-14(2)6-4-7-16(15)24-18/h4-9,12,19,24H,3,10-11,13H2,1-2H3,(H,25,26,28). The molecular weight excluding hydrogens is 424 g/mol.